The standard InChI is InChI=1S/C12H15N3OS/c1-3-11-13-12(15-14-11)17(16)8-10-7-5-4-6-9(10)2/h4-7H,3,8H2,1-2H3,(H,13,14,15). The van der Waals surface area contributed by atoms with Crippen molar-refractivity contribution < 1.29 is 4.21 Å². The molecule has 1 aromatic carbocycles. The van der Waals surface area contributed by atoms with Crippen LogP contribution >= 0.6 is 0 Å². The Labute approximate surface area is 103 Å². The summed E-state index contributed by atoms with van der Waals surface area (Å²) in [5.41, 5.74) is 2.22. The van der Waals surface area contributed by atoms with Crippen LogP contribution in [0.3, 0.4) is 0 Å². The average Bonchev–Trinajstić information content (AvgIpc) is 2.81. The Bertz CT molecular complexity index is 536. The first-order valence-corrected chi connectivity index (χ1v) is 6.86. The zero-order chi connectivity index (χ0) is 12.3. The molecule has 0 spiro atoms. The molecular weight excluding hydrogens is 234 g/mol. The van der Waals surface area contributed by atoms with Gasteiger partial charge in [-0.25, -0.2) is 4.98 Å². The number of nitrogens with one attached hydrogen (secondary N) is 1. The maximum absolute atomic E-state index is 12.1. The fraction of sp³-hybridized carbons (Fsp3) is 0.333. The molecule has 17 heavy (non-hydrogen) atoms. The van der Waals surface area contributed by atoms with E-state index in [1.807, 2.05) is 38.1 Å². The minimum atomic E-state index is -1.18. The number of H-pyrrole nitrogens is 1. The lowest BCUT2D eigenvalue weighted by Gasteiger charge is -2.02. The smallest absolute Gasteiger partial charge is 0.239 e. The number of aromatic amines is 1. The fourth-order valence-electron chi connectivity index (χ4n) is 1.52. The van der Waals surface area contributed by atoms with E-state index in [4.69, 9.17) is 0 Å². The number of nitrogens with zero attached hydrogens (tertiary/aromatic N) is 2. The van der Waals surface area contributed by atoms with Gasteiger partial charge >= 0.3 is 0 Å². The molecule has 5 heteroatoms. The second kappa shape index (κ2) is 5.23. The first kappa shape index (κ1) is 12.0. The van der Waals surface area contributed by atoms with E-state index >= 15 is 0 Å². The molecule has 1 unspecified atom stereocenters. The number of rotatable bonds is 4. The van der Waals surface area contributed by atoms with Crippen molar-refractivity contribution in [2.24, 2.45) is 0 Å². The Balaban J connectivity index is 2.14. The van der Waals surface area contributed by atoms with Gasteiger partial charge in [0.2, 0.25) is 5.16 Å². The van der Waals surface area contributed by atoms with Crippen molar-refractivity contribution >= 4 is 10.8 Å². The maximum atomic E-state index is 12.1. The molecule has 2 aromatic rings. The molecule has 0 saturated heterocycles. The molecule has 90 valence electrons. The lowest BCUT2D eigenvalue weighted by atomic mass is 10.1. The van der Waals surface area contributed by atoms with Crippen molar-refractivity contribution in [3.8, 4) is 0 Å². The molecule has 0 aliphatic carbocycles. The summed E-state index contributed by atoms with van der Waals surface area (Å²) in [4.78, 5) is 4.19. The van der Waals surface area contributed by atoms with Crippen molar-refractivity contribution in [1.82, 2.24) is 15.2 Å². The van der Waals surface area contributed by atoms with Gasteiger partial charge in [-0.05, 0) is 18.1 Å². The van der Waals surface area contributed by atoms with Crippen LogP contribution in [0.5, 0.6) is 0 Å². The van der Waals surface area contributed by atoms with E-state index in [1.165, 1.54) is 0 Å². The van der Waals surface area contributed by atoms with Gasteiger partial charge in [0.25, 0.3) is 0 Å². The normalized spacial score (nSPS) is 12.6. The molecule has 1 heterocycles. The molecule has 0 amide bonds. The number of aromatic nitrogens is 3. The molecular formula is C12H15N3OS. The minimum Gasteiger partial charge on any atom is -0.262 e. The highest BCUT2D eigenvalue weighted by Crippen LogP contribution is 2.12. The third kappa shape index (κ3) is 2.79. The number of hydrogen-bond donors (Lipinski definition) is 1. The van der Waals surface area contributed by atoms with Crippen LogP contribution in [-0.4, -0.2) is 19.4 Å². The zero-order valence-electron chi connectivity index (χ0n) is 9.93. The summed E-state index contributed by atoms with van der Waals surface area (Å²) in [6.45, 7) is 4.00. The third-order valence-electron chi connectivity index (χ3n) is 2.60. The summed E-state index contributed by atoms with van der Waals surface area (Å²) in [5.74, 6) is 1.24. The number of hydrogen-bond acceptors (Lipinski definition) is 3. The number of aryl methyl sites for hydroxylation is 2. The Hall–Kier alpha value is -1.49. The molecule has 1 atom stereocenters. The van der Waals surface area contributed by atoms with Gasteiger partial charge in [0, 0.05) is 6.42 Å². The molecule has 0 aliphatic rings. The molecule has 0 aliphatic heterocycles. The van der Waals surface area contributed by atoms with E-state index in [0.717, 1.165) is 23.4 Å². The largest absolute Gasteiger partial charge is 0.262 e. The maximum Gasteiger partial charge on any atom is 0.239 e. The summed E-state index contributed by atoms with van der Waals surface area (Å²) in [6, 6.07) is 7.93. The first-order valence-electron chi connectivity index (χ1n) is 5.55. The Kier molecular flexibility index (Phi) is 3.68. The van der Waals surface area contributed by atoms with Crippen molar-refractivity contribution in [2.75, 3.05) is 0 Å². The quantitative estimate of drug-likeness (QED) is 0.901. The summed E-state index contributed by atoms with van der Waals surface area (Å²) >= 11 is 0. The second-order valence-corrected chi connectivity index (χ2v) is 5.18. The predicted octanol–water partition coefficient (Wildman–Crippen LogP) is 1.98. The van der Waals surface area contributed by atoms with Gasteiger partial charge in [-0.2, -0.15) is 0 Å². The van der Waals surface area contributed by atoms with Crippen LogP contribution in [0.25, 0.3) is 0 Å². The second-order valence-electron chi connectivity index (χ2n) is 3.83. The van der Waals surface area contributed by atoms with E-state index in [1.54, 1.807) is 0 Å². The molecule has 0 radical (unpaired) electrons. The van der Waals surface area contributed by atoms with Gasteiger partial charge in [-0.15, -0.1) is 5.10 Å². The highest BCUT2D eigenvalue weighted by atomic mass is 32.2. The van der Waals surface area contributed by atoms with Crippen LogP contribution in [-0.2, 0) is 23.0 Å². The van der Waals surface area contributed by atoms with Crippen LogP contribution in [0.15, 0.2) is 29.4 Å². The summed E-state index contributed by atoms with van der Waals surface area (Å²) in [7, 11) is -1.18. The van der Waals surface area contributed by atoms with Crippen molar-refractivity contribution in [2.45, 2.75) is 31.2 Å². The van der Waals surface area contributed by atoms with E-state index in [9.17, 15) is 4.21 Å². The molecule has 2 rings (SSSR count). The van der Waals surface area contributed by atoms with Gasteiger partial charge in [0.15, 0.2) is 0 Å². The minimum absolute atomic E-state index is 0.394. The molecule has 0 saturated carbocycles. The monoisotopic (exact) mass is 249 g/mol. The summed E-state index contributed by atoms with van der Waals surface area (Å²) in [5, 5.41) is 7.15. The number of benzene rings is 1. The fourth-order valence-corrected chi connectivity index (χ4v) is 2.61. The van der Waals surface area contributed by atoms with Crippen molar-refractivity contribution in [3.05, 3.63) is 41.2 Å². The SMILES string of the molecule is CCc1nc(S(=O)Cc2ccccc2C)n[nH]1. The highest BCUT2D eigenvalue weighted by Gasteiger charge is 2.11. The lowest BCUT2D eigenvalue weighted by Crippen LogP contribution is -2.00. The van der Waals surface area contributed by atoms with Gasteiger partial charge < -0.3 is 0 Å². The van der Waals surface area contributed by atoms with E-state index in [-0.39, 0.29) is 0 Å². The molecule has 0 bridgehead atoms. The summed E-state index contributed by atoms with van der Waals surface area (Å²) in [6.07, 6.45) is 0.772. The van der Waals surface area contributed by atoms with Crippen molar-refractivity contribution in [1.29, 1.82) is 0 Å². The predicted molar refractivity (Wildman–Crippen MR) is 67.1 cm³/mol. The van der Waals surface area contributed by atoms with E-state index < -0.39 is 10.8 Å². The van der Waals surface area contributed by atoms with Crippen molar-refractivity contribution in [3.63, 3.8) is 0 Å². The highest BCUT2D eigenvalue weighted by molar-refractivity contribution is 7.84. The van der Waals surface area contributed by atoms with Gasteiger partial charge in [-0.3, -0.25) is 9.31 Å². The Morgan fingerprint density at radius 2 is 2.12 bits per heavy atom. The van der Waals surface area contributed by atoms with Gasteiger partial charge in [0.05, 0.1) is 16.6 Å². The van der Waals surface area contributed by atoms with Crippen LogP contribution in [0.4, 0.5) is 0 Å². The molecule has 1 aromatic heterocycles. The average molecular weight is 249 g/mol. The Morgan fingerprint density at radius 3 is 2.76 bits per heavy atom. The zero-order valence-corrected chi connectivity index (χ0v) is 10.8. The van der Waals surface area contributed by atoms with Gasteiger partial charge in [0.1, 0.15) is 5.82 Å². The van der Waals surface area contributed by atoms with Crippen LogP contribution in [0.1, 0.15) is 23.9 Å². The van der Waals surface area contributed by atoms with Crippen LogP contribution in [0, 0.1) is 6.92 Å². The van der Waals surface area contributed by atoms with Crippen LogP contribution < -0.4 is 0 Å². The summed E-state index contributed by atoms with van der Waals surface area (Å²) < 4.78 is 12.1. The first-order chi connectivity index (χ1) is 8.20. The van der Waals surface area contributed by atoms with E-state index in [2.05, 4.69) is 15.2 Å². The lowest BCUT2D eigenvalue weighted by molar-refractivity contribution is 0.675. The molecule has 0 fully saturated rings. The Morgan fingerprint density at radius 1 is 1.35 bits per heavy atom. The third-order valence-corrected chi connectivity index (χ3v) is 3.76. The van der Waals surface area contributed by atoms with Gasteiger partial charge in [-0.1, -0.05) is 31.2 Å². The van der Waals surface area contributed by atoms with Crippen LogP contribution in [0.2, 0.25) is 0 Å². The van der Waals surface area contributed by atoms with E-state index in [0.29, 0.717) is 10.9 Å². The molecule has 4 nitrogen and oxygen atoms in total. The molecule has 1 N–H and O–H groups in total. The topological polar surface area (TPSA) is 58.6 Å².